The average molecular weight is 346 g/mol. The van der Waals surface area contributed by atoms with Crippen LogP contribution in [-0.4, -0.2) is 33.1 Å². The van der Waals surface area contributed by atoms with Crippen LogP contribution >= 0.6 is 11.8 Å². The molecule has 2 aromatic carbocycles. The second kappa shape index (κ2) is 7.05. The first kappa shape index (κ1) is 16.5. The smallest absolute Gasteiger partial charge is 0.231 e. The van der Waals surface area contributed by atoms with Crippen LogP contribution in [0.3, 0.4) is 0 Å². The first-order chi connectivity index (χ1) is 11.7. The molecule has 0 saturated heterocycles. The molecule has 0 aromatic heterocycles. The fraction of sp³-hybridized carbons (Fsp3) is 0.278. The first-order valence-corrected chi connectivity index (χ1v) is 8.65. The Bertz CT molecular complexity index is 759. The number of rotatable bonds is 6. The molecule has 1 heterocycles. The number of carbonyl (C=O) groups excluding carboxylic acids is 1. The van der Waals surface area contributed by atoms with Crippen molar-refractivity contribution in [1.29, 1.82) is 0 Å². The number of ketones is 1. The standard InChI is InChI=1S/C18H18O5S/c1-20-13-6-4-11(8-15(13)21-2)17(19)18(24-3)12-5-7-14-16(9-12)23-10-22-14/h4-9,18H,10H2,1-3H3. The van der Waals surface area contributed by atoms with Gasteiger partial charge in [0.15, 0.2) is 28.8 Å². The number of ether oxygens (including phenoxy) is 4. The van der Waals surface area contributed by atoms with Gasteiger partial charge in [-0.15, -0.1) is 11.8 Å². The van der Waals surface area contributed by atoms with Gasteiger partial charge in [0.1, 0.15) is 0 Å². The molecule has 0 amide bonds. The van der Waals surface area contributed by atoms with Crippen LogP contribution in [0.25, 0.3) is 0 Å². The molecule has 6 heteroatoms. The zero-order chi connectivity index (χ0) is 17.1. The van der Waals surface area contributed by atoms with E-state index in [9.17, 15) is 4.79 Å². The Morgan fingerprint density at radius 2 is 1.79 bits per heavy atom. The molecule has 1 aliphatic rings. The van der Waals surface area contributed by atoms with E-state index in [-0.39, 0.29) is 17.8 Å². The molecule has 126 valence electrons. The molecule has 0 N–H and O–H groups in total. The molecule has 2 aromatic rings. The summed E-state index contributed by atoms with van der Waals surface area (Å²) >= 11 is 1.48. The fourth-order valence-corrected chi connectivity index (χ4v) is 3.38. The summed E-state index contributed by atoms with van der Waals surface area (Å²) in [5.41, 5.74) is 1.45. The van der Waals surface area contributed by atoms with Gasteiger partial charge in [-0.25, -0.2) is 0 Å². The van der Waals surface area contributed by atoms with Crippen molar-refractivity contribution in [3.63, 3.8) is 0 Å². The van der Waals surface area contributed by atoms with Crippen molar-refractivity contribution in [3.8, 4) is 23.0 Å². The highest BCUT2D eigenvalue weighted by molar-refractivity contribution is 7.99. The molecule has 0 spiro atoms. The summed E-state index contributed by atoms with van der Waals surface area (Å²) in [6.45, 7) is 0.215. The van der Waals surface area contributed by atoms with E-state index in [2.05, 4.69) is 0 Å². The maximum atomic E-state index is 13.0. The predicted octanol–water partition coefficient (Wildman–Crippen LogP) is 3.72. The zero-order valence-electron chi connectivity index (χ0n) is 13.7. The topological polar surface area (TPSA) is 54.0 Å². The highest BCUT2D eigenvalue weighted by atomic mass is 32.2. The van der Waals surface area contributed by atoms with Gasteiger partial charge >= 0.3 is 0 Å². The Labute approximate surface area is 144 Å². The number of thioether (sulfide) groups is 1. The highest BCUT2D eigenvalue weighted by Gasteiger charge is 2.24. The minimum absolute atomic E-state index is 0.00215. The Hall–Kier alpha value is -2.34. The van der Waals surface area contributed by atoms with Crippen molar-refractivity contribution in [3.05, 3.63) is 47.5 Å². The molecule has 3 rings (SSSR count). The molecule has 0 fully saturated rings. The molecule has 5 nitrogen and oxygen atoms in total. The molecule has 1 aliphatic heterocycles. The van der Waals surface area contributed by atoms with Gasteiger partial charge in [0.25, 0.3) is 0 Å². The number of hydrogen-bond acceptors (Lipinski definition) is 6. The summed E-state index contributed by atoms with van der Waals surface area (Å²) in [5.74, 6) is 2.51. The van der Waals surface area contributed by atoms with E-state index >= 15 is 0 Å². The second-order valence-electron chi connectivity index (χ2n) is 5.16. The Morgan fingerprint density at radius 3 is 2.50 bits per heavy atom. The molecular weight excluding hydrogens is 328 g/mol. The lowest BCUT2D eigenvalue weighted by Crippen LogP contribution is -2.10. The van der Waals surface area contributed by atoms with Crippen molar-refractivity contribution in [2.24, 2.45) is 0 Å². The van der Waals surface area contributed by atoms with Crippen LogP contribution in [0.2, 0.25) is 0 Å². The van der Waals surface area contributed by atoms with Gasteiger partial charge in [0.05, 0.1) is 19.5 Å². The third-order valence-corrected chi connectivity index (χ3v) is 4.80. The van der Waals surface area contributed by atoms with Crippen LogP contribution in [0.5, 0.6) is 23.0 Å². The van der Waals surface area contributed by atoms with Crippen molar-refractivity contribution in [2.45, 2.75) is 5.25 Å². The van der Waals surface area contributed by atoms with Crippen LogP contribution in [-0.2, 0) is 0 Å². The summed E-state index contributed by atoms with van der Waals surface area (Å²) in [6.07, 6.45) is 1.91. The van der Waals surface area contributed by atoms with E-state index < -0.39 is 0 Å². The molecule has 1 unspecified atom stereocenters. The maximum Gasteiger partial charge on any atom is 0.231 e. The van der Waals surface area contributed by atoms with Gasteiger partial charge in [-0.1, -0.05) is 6.07 Å². The lowest BCUT2D eigenvalue weighted by atomic mass is 10.0. The summed E-state index contributed by atoms with van der Waals surface area (Å²) < 4.78 is 21.2. The van der Waals surface area contributed by atoms with Crippen LogP contribution in [0.4, 0.5) is 0 Å². The van der Waals surface area contributed by atoms with E-state index in [1.54, 1.807) is 32.4 Å². The van der Waals surface area contributed by atoms with Crippen LogP contribution < -0.4 is 18.9 Å². The zero-order valence-corrected chi connectivity index (χ0v) is 14.5. The van der Waals surface area contributed by atoms with Crippen molar-refractivity contribution < 1.29 is 23.7 Å². The minimum Gasteiger partial charge on any atom is -0.493 e. The molecule has 24 heavy (non-hydrogen) atoms. The molecule has 0 radical (unpaired) electrons. The van der Waals surface area contributed by atoms with Crippen LogP contribution in [0.15, 0.2) is 36.4 Å². The van der Waals surface area contributed by atoms with Crippen molar-refractivity contribution in [2.75, 3.05) is 27.3 Å². The number of benzene rings is 2. The van der Waals surface area contributed by atoms with Gasteiger partial charge in [-0.3, -0.25) is 4.79 Å². The lowest BCUT2D eigenvalue weighted by molar-refractivity contribution is 0.0989. The fourth-order valence-electron chi connectivity index (χ4n) is 2.61. The number of hydrogen-bond donors (Lipinski definition) is 0. The third-order valence-electron chi connectivity index (χ3n) is 3.84. The molecule has 0 saturated carbocycles. The second-order valence-corrected chi connectivity index (χ2v) is 6.11. The SMILES string of the molecule is COc1ccc(C(=O)C(SC)c2ccc3c(c2)OCO3)cc1OC. The highest BCUT2D eigenvalue weighted by Crippen LogP contribution is 2.39. The van der Waals surface area contributed by atoms with E-state index in [4.69, 9.17) is 18.9 Å². The van der Waals surface area contributed by atoms with Crippen molar-refractivity contribution >= 4 is 17.5 Å². The summed E-state index contributed by atoms with van der Waals surface area (Å²) in [5, 5.41) is -0.336. The van der Waals surface area contributed by atoms with Gasteiger partial charge in [0.2, 0.25) is 6.79 Å². The van der Waals surface area contributed by atoms with E-state index in [0.717, 1.165) is 5.56 Å². The quantitative estimate of drug-likeness (QED) is 0.743. The van der Waals surface area contributed by atoms with Crippen molar-refractivity contribution in [1.82, 2.24) is 0 Å². The van der Waals surface area contributed by atoms with Gasteiger partial charge in [0, 0.05) is 5.56 Å². The van der Waals surface area contributed by atoms with Gasteiger partial charge in [-0.05, 0) is 42.2 Å². The number of methoxy groups -OCH3 is 2. The molecule has 1 atom stereocenters. The summed E-state index contributed by atoms with van der Waals surface area (Å²) in [4.78, 5) is 13.0. The maximum absolute atomic E-state index is 13.0. The minimum atomic E-state index is -0.336. The van der Waals surface area contributed by atoms with E-state index in [1.807, 2.05) is 24.5 Å². The molecule has 0 aliphatic carbocycles. The number of fused-ring (bicyclic) bond motifs is 1. The van der Waals surface area contributed by atoms with Gasteiger partial charge < -0.3 is 18.9 Å². The monoisotopic (exact) mass is 346 g/mol. The predicted molar refractivity (Wildman–Crippen MR) is 92.7 cm³/mol. The Balaban J connectivity index is 1.92. The third kappa shape index (κ3) is 3.01. The summed E-state index contributed by atoms with van der Waals surface area (Å²) in [7, 11) is 3.12. The Kier molecular flexibility index (Phi) is 4.85. The number of Topliss-reactive ketones (excluding diaryl/α,β-unsaturated/α-hetero) is 1. The van der Waals surface area contributed by atoms with E-state index in [1.165, 1.54) is 11.8 Å². The summed E-state index contributed by atoms with van der Waals surface area (Å²) in [6, 6.07) is 10.8. The van der Waals surface area contributed by atoms with E-state index in [0.29, 0.717) is 28.6 Å². The first-order valence-electron chi connectivity index (χ1n) is 7.36. The lowest BCUT2D eigenvalue weighted by Gasteiger charge is -2.16. The van der Waals surface area contributed by atoms with Crippen LogP contribution in [0.1, 0.15) is 21.2 Å². The normalized spacial score (nSPS) is 13.5. The Morgan fingerprint density at radius 1 is 1.04 bits per heavy atom. The number of carbonyl (C=O) groups is 1. The largest absolute Gasteiger partial charge is 0.493 e. The molecule has 0 bridgehead atoms. The van der Waals surface area contributed by atoms with Gasteiger partial charge in [-0.2, -0.15) is 0 Å². The average Bonchev–Trinajstić information content (AvgIpc) is 3.09. The van der Waals surface area contributed by atoms with Crippen LogP contribution in [0, 0.1) is 0 Å². The molecular formula is C18H18O5S.